The summed E-state index contributed by atoms with van der Waals surface area (Å²) in [6, 6.07) is 0. The van der Waals surface area contributed by atoms with E-state index in [-0.39, 0.29) is 11.8 Å². The predicted molar refractivity (Wildman–Crippen MR) is 209 cm³/mol. The molecule has 0 aliphatic carbocycles. The molecule has 2 nitrogen and oxygen atoms in total. The van der Waals surface area contributed by atoms with E-state index < -0.39 is 0 Å². The number of hydrogen-bond acceptors (Lipinski definition) is 1. The maximum atomic E-state index is 12.0. The first-order valence-corrected chi connectivity index (χ1v) is 21.7. The zero-order valence-electron chi connectivity index (χ0n) is 32.1. The zero-order chi connectivity index (χ0) is 33.4. The molecule has 1 atom stereocenters. The highest BCUT2D eigenvalue weighted by Crippen LogP contribution is 2.20. The van der Waals surface area contributed by atoms with Gasteiger partial charge in [-0.25, -0.2) is 0 Å². The van der Waals surface area contributed by atoms with Crippen LogP contribution in [0.2, 0.25) is 0 Å². The van der Waals surface area contributed by atoms with Gasteiger partial charge in [-0.1, -0.05) is 231 Å². The van der Waals surface area contributed by atoms with Crippen molar-refractivity contribution in [2.45, 2.75) is 258 Å². The fourth-order valence-electron chi connectivity index (χ4n) is 7.07. The van der Waals surface area contributed by atoms with E-state index in [2.05, 4.69) is 26.0 Å². The largest absolute Gasteiger partial charge is 0.369 e. The molecular weight excluding hydrogens is 558 g/mol. The average molecular weight is 646 g/mol. The van der Waals surface area contributed by atoms with Crippen molar-refractivity contribution in [2.75, 3.05) is 0 Å². The summed E-state index contributed by atoms with van der Waals surface area (Å²) < 4.78 is 0. The summed E-state index contributed by atoms with van der Waals surface area (Å²) in [5.74, 6) is 0.0588. The molecule has 0 rings (SSSR count). The van der Waals surface area contributed by atoms with Crippen molar-refractivity contribution in [1.29, 1.82) is 0 Å². The zero-order valence-corrected chi connectivity index (χ0v) is 32.1. The van der Waals surface area contributed by atoms with Crippen molar-refractivity contribution < 1.29 is 4.79 Å². The monoisotopic (exact) mass is 646 g/mol. The first kappa shape index (κ1) is 45.2. The van der Waals surface area contributed by atoms with Crippen LogP contribution < -0.4 is 5.73 Å². The Morgan fingerprint density at radius 1 is 0.370 bits per heavy atom. The molecule has 0 aromatic carbocycles. The third kappa shape index (κ3) is 37.7. The Morgan fingerprint density at radius 3 is 0.826 bits per heavy atom. The smallest absolute Gasteiger partial charge is 0.220 e. The molecule has 0 aliphatic heterocycles. The lowest BCUT2D eigenvalue weighted by atomic mass is 9.93. The Bertz CT molecular complexity index is 599. The summed E-state index contributed by atoms with van der Waals surface area (Å²) in [5.41, 5.74) is 5.75. The molecule has 0 aromatic heterocycles. The molecule has 1 unspecified atom stereocenters. The lowest BCUT2D eigenvalue weighted by molar-refractivity contribution is -0.122. The number of hydrogen-bond donors (Lipinski definition) is 1. The van der Waals surface area contributed by atoms with Gasteiger partial charge in [0.1, 0.15) is 0 Å². The van der Waals surface area contributed by atoms with Crippen LogP contribution in [0.5, 0.6) is 0 Å². The number of unbranched alkanes of at least 4 members (excludes halogenated alkanes) is 33. The Balaban J connectivity index is 3.38. The molecule has 2 heteroatoms. The van der Waals surface area contributed by atoms with Gasteiger partial charge in [0.15, 0.2) is 0 Å². The third-order valence-electron chi connectivity index (χ3n) is 10.4. The van der Waals surface area contributed by atoms with Crippen molar-refractivity contribution in [3.63, 3.8) is 0 Å². The van der Waals surface area contributed by atoms with Crippen LogP contribution in [0.3, 0.4) is 0 Å². The predicted octanol–water partition coefficient (Wildman–Crippen LogP) is 15.5. The molecule has 46 heavy (non-hydrogen) atoms. The van der Waals surface area contributed by atoms with Crippen LogP contribution in [0.25, 0.3) is 0 Å². The summed E-state index contributed by atoms with van der Waals surface area (Å²) in [5, 5.41) is 0. The second-order valence-corrected chi connectivity index (χ2v) is 15.0. The minimum Gasteiger partial charge on any atom is -0.369 e. The summed E-state index contributed by atoms with van der Waals surface area (Å²) in [6.07, 6.45) is 56.6. The van der Waals surface area contributed by atoms with Gasteiger partial charge in [-0.2, -0.15) is 0 Å². The van der Waals surface area contributed by atoms with E-state index in [1.54, 1.807) is 0 Å². The van der Waals surface area contributed by atoms with Crippen molar-refractivity contribution in [3.05, 3.63) is 12.2 Å². The van der Waals surface area contributed by atoms with Crippen molar-refractivity contribution in [1.82, 2.24) is 0 Å². The molecule has 0 aromatic rings. The number of primary amides is 1. The summed E-state index contributed by atoms with van der Waals surface area (Å²) in [6.45, 7) is 4.59. The molecule has 274 valence electrons. The van der Waals surface area contributed by atoms with E-state index in [9.17, 15) is 4.79 Å². The minimum absolute atomic E-state index is 0.0566. The summed E-state index contributed by atoms with van der Waals surface area (Å²) >= 11 is 0. The Kier molecular flexibility index (Phi) is 39.7. The second kappa shape index (κ2) is 40.4. The molecule has 0 saturated heterocycles. The van der Waals surface area contributed by atoms with Crippen LogP contribution in [0.4, 0.5) is 0 Å². The molecule has 0 aliphatic rings. The van der Waals surface area contributed by atoms with Gasteiger partial charge in [0.05, 0.1) is 0 Å². The average Bonchev–Trinajstić information content (AvgIpc) is 3.05. The first-order valence-electron chi connectivity index (χ1n) is 21.7. The van der Waals surface area contributed by atoms with E-state index in [0.717, 1.165) is 12.8 Å². The number of carbonyl (C=O) groups excluding carboxylic acids is 1. The van der Waals surface area contributed by atoms with Crippen molar-refractivity contribution in [3.8, 4) is 0 Å². The van der Waals surface area contributed by atoms with E-state index in [0.29, 0.717) is 0 Å². The molecule has 2 N–H and O–H groups in total. The Morgan fingerprint density at radius 2 is 0.587 bits per heavy atom. The van der Waals surface area contributed by atoms with E-state index >= 15 is 0 Å². The van der Waals surface area contributed by atoms with Crippen LogP contribution in [-0.2, 0) is 4.79 Å². The maximum absolute atomic E-state index is 12.0. The number of carbonyl (C=O) groups is 1. The standard InChI is InChI=1S/C44H87NO/c1-3-5-7-9-11-13-15-17-19-21-23-24-26-28-30-32-34-36-38-40-42-43(44(45)46)41-39-37-35-33-31-29-27-25-22-20-18-16-14-12-10-8-6-4-2/h18,20,43H,3-17,19,21-42H2,1-2H3,(H2,45,46). The first-order chi connectivity index (χ1) is 22.7. The van der Waals surface area contributed by atoms with E-state index in [1.165, 1.54) is 231 Å². The van der Waals surface area contributed by atoms with Crippen LogP contribution in [0.1, 0.15) is 258 Å². The molecule has 1 amide bonds. The molecule has 0 fully saturated rings. The third-order valence-corrected chi connectivity index (χ3v) is 10.4. The molecule has 0 spiro atoms. The van der Waals surface area contributed by atoms with Gasteiger partial charge in [0.2, 0.25) is 5.91 Å². The van der Waals surface area contributed by atoms with Crippen LogP contribution >= 0.6 is 0 Å². The van der Waals surface area contributed by atoms with Crippen LogP contribution in [0, 0.1) is 5.92 Å². The highest BCUT2D eigenvalue weighted by molar-refractivity contribution is 5.76. The fraction of sp³-hybridized carbons (Fsp3) is 0.932. The van der Waals surface area contributed by atoms with Gasteiger partial charge in [-0.3, -0.25) is 4.79 Å². The fourth-order valence-corrected chi connectivity index (χ4v) is 7.07. The molecule has 0 saturated carbocycles. The maximum Gasteiger partial charge on any atom is 0.220 e. The van der Waals surface area contributed by atoms with Crippen LogP contribution in [0.15, 0.2) is 12.2 Å². The SMILES string of the molecule is CCCCCCCCC=CCCCCCCCCCCC(CCCCCCCCCCCCCCCCCCCCCC)C(N)=O. The lowest BCUT2D eigenvalue weighted by Gasteiger charge is -2.13. The van der Waals surface area contributed by atoms with Gasteiger partial charge < -0.3 is 5.73 Å². The van der Waals surface area contributed by atoms with E-state index in [4.69, 9.17) is 5.73 Å². The van der Waals surface area contributed by atoms with Gasteiger partial charge in [0.25, 0.3) is 0 Å². The normalized spacial score (nSPS) is 12.4. The molecule has 0 radical (unpaired) electrons. The number of nitrogens with two attached hydrogens (primary N) is 1. The lowest BCUT2D eigenvalue weighted by Crippen LogP contribution is -2.23. The van der Waals surface area contributed by atoms with Gasteiger partial charge >= 0.3 is 0 Å². The second-order valence-electron chi connectivity index (χ2n) is 15.0. The van der Waals surface area contributed by atoms with E-state index in [1.807, 2.05) is 0 Å². The Labute approximate surface area is 291 Å². The Hall–Kier alpha value is -0.790. The molecule has 0 bridgehead atoms. The molecular formula is C44H87NO. The van der Waals surface area contributed by atoms with Gasteiger partial charge in [-0.05, 0) is 38.5 Å². The van der Waals surface area contributed by atoms with Crippen LogP contribution in [-0.4, -0.2) is 5.91 Å². The quantitative estimate of drug-likeness (QED) is 0.0523. The van der Waals surface area contributed by atoms with Gasteiger partial charge in [0, 0.05) is 5.92 Å². The number of amides is 1. The minimum atomic E-state index is -0.0566. The van der Waals surface area contributed by atoms with Gasteiger partial charge in [-0.15, -0.1) is 0 Å². The summed E-state index contributed by atoms with van der Waals surface area (Å²) in [7, 11) is 0. The van der Waals surface area contributed by atoms with Crippen molar-refractivity contribution >= 4 is 5.91 Å². The molecule has 0 heterocycles. The highest BCUT2D eigenvalue weighted by Gasteiger charge is 2.14. The topological polar surface area (TPSA) is 43.1 Å². The highest BCUT2D eigenvalue weighted by atomic mass is 16.1. The van der Waals surface area contributed by atoms with Crippen molar-refractivity contribution in [2.24, 2.45) is 11.7 Å². The summed E-state index contributed by atoms with van der Waals surface area (Å²) in [4.78, 5) is 12.0. The number of rotatable bonds is 40. The number of allylic oxidation sites excluding steroid dienone is 2.